The molecule has 0 spiro atoms. The van der Waals surface area contributed by atoms with Crippen molar-refractivity contribution in [3.63, 3.8) is 0 Å². The van der Waals surface area contributed by atoms with Gasteiger partial charge >= 0.3 is 0 Å². The van der Waals surface area contributed by atoms with E-state index in [-0.39, 0.29) is 0 Å². The molecule has 0 unspecified atom stereocenters. The van der Waals surface area contributed by atoms with Gasteiger partial charge in [0.1, 0.15) is 5.82 Å². The van der Waals surface area contributed by atoms with E-state index in [2.05, 4.69) is 41.0 Å². The van der Waals surface area contributed by atoms with Gasteiger partial charge in [-0.15, -0.1) is 0 Å². The molecule has 0 atom stereocenters. The Morgan fingerprint density at radius 3 is 2.65 bits per heavy atom. The molecule has 1 aliphatic carbocycles. The number of nitrogens with zero attached hydrogens (tertiary/aromatic N) is 2. The quantitative estimate of drug-likeness (QED) is 0.686. The first-order valence-corrected chi connectivity index (χ1v) is 7.39. The van der Waals surface area contributed by atoms with Gasteiger partial charge in [0.2, 0.25) is 0 Å². The van der Waals surface area contributed by atoms with Gasteiger partial charge in [0.05, 0.1) is 11.0 Å². The number of aromatic nitrogens is 2. The third kappa shape index (κ3) is 2.10. The molecule has 1 aromatic heterocycles. The third-order valence-electron chi connectivity index (χ3n) is 3.87. The van der Waals surface area contributed by atoms with E-state index < -0.39 is 0 Å². The lowest BCUT2D eigenvalue weighted by Crippen LogP contribution is -2.04. The largest absolute Gasteiger partial charge is 0.323 e. The van der Waals surface area contributed by atoms with Crippen LogP contribution in [0, 0.1) is 0 Å². The average molecular weight is 283 g/mol. The van der Waals surface area contributed by atoms with Crippen molar-refractivity contribution in [3.05, 3.63) is 64.9 Å². The number of hydrogen-bond acceptors (Lipinski definition) is 1. The Bertz CT molecular complexity index is 757. The third-order valence-corrected chi connectivity index (χ3v) is 4.10. The highest BCUT2D eigenvalue weighted by atomic mass is 35.5. The summed E-state index contributed by atoms with van der Waals surface area (Å²) in [5, 5.41) is 0.754. The fraction of sp³-hybridized carbons (Fsp3) is 0.235. The molecule has 0 radical (unpaired) electrons. The fourth-order valence-corrected chi connectivity index (χ4v) is 2.87. The van der Waals surface area contributed by atoms with E-state index in [1.807, 2.05) is 12.1 Å². The smallest absolute Gasteiger partial charge is 0.113 e. The van der Waals surface area contributed by atoms with Gasteiger partial charge in [0.15, 0.2) is 0 Å². The van der Waals surface area contributed by atoms with E-state index in [4.69, 9.17) is 16.6 Å². The maximum absolute atomic E-state index is 6.09. The van der Waals surface area contributed by atoms with Gasteiger partial charge in [-0.25, -0.2) is 4.98 Å². The van der Waals surface area contributed by atoms with Crippen molar-refractivity contribution in [3.8, 4) is 0 Å². The maximum Gasteiger partial charge on any atom is 0.113 e. The Morgan fingerprint density at radius 2 is 1.90 bits per heavy atom. The van der Waals surface area contributed by atoms with Crippen LogP contribution in [0.5, 0.6) is 0 Å². The number of fused-ring (bicyclic) bond motifs is 1. The molecule has 100 valence electrons. The SMILES string of the molecule is Clc1ccc2c(c1)nc(C1CC1)n2Cc1ccccc1. The molecule has 1 heterocycles. The molecule has 3 heteroatoms. The molecule has 2 aromatic carbocycles. The van der Waals surface area contributed by atoms with Gasteiger partial charge in [-0.05, 0) is 36.6 Å². The summed E-state index contributed by atoms with van der Waals surface area (Å²) in [5.74, 6) is 1.84. The minimum Gasteiger partial charge on any atom is -0.323 e. The lowest BCUT2D eigenvalue weighted by Gasteiger charge is -2.08. The average Bonchev–Trinajstić information content (AvgIpc) is 3.24. The molecule has 3 aromatic rings. The van der Waals surface area contributed by atoms with Crippen LogP contribution in [0.3, 0.4) is 0 Å². The van der Waals surface area contributed by atoms with Gasteiger partial charge in [-0.1, -0.05) is 41.9 Å². The summed E-state index contributed by atoms with van der Waals surface area (Å²) < 4.78 is 2.35. The van der Waals surface area contributed by atoms with Crippen molar-refractivity contribution < 1.29 is 0 Å². The second-order valence-electron chi connectivity index (χ2n) is 5.45. The molecule has 20 heavy (non-hydrogen) atoms. The Morgan fingerprint density at radius 1 is 1.10 bits per heavy atom. The molecule has 0 saturated heterocycles. The van der Waals surface area contributed by atoms with Crippen LogP contribution in [0.25, 0.3) is 11.0 Å². The number of halogens is 1. The molecule has 0 amide bonds. The minimum absolute atomic E-state index is 0.630. The number of rotatable bonds is 3. The summed E-state index contributed by atoms with van der Waals surface area (Å²) in [4.78, 5) is 4.81. The topological polar surface area (TPSA) is 17.8 Å². The summed E-state index contributed by atoms with van der Waals surface area (Å²) in [6, 6.07) is 16.5. The van der Waals surface area contributed by atoms with Crippen molar-refractivity contribution >= 4 is 22.6 Å². The number of imidazole rings is 1. The van der Waals surface area contributed by atoms with E-state index in [0.29, 0.717) is 5.92 Å². The highest BCUT2D eigenvalue weighted by molar-refractivity contribution is 6.31. The Balaban J connectivity index is 1.85. The lowest BCUT2D eigenvalue weighted by atomic mass is 10.2. The zero-order chi connectivity index (χ0) is 13.5. The van der Waals surface area contributed by atoms with E-state index in [1.54, 1.807) is 0 Å². The van der Waals surface area contributed by atoms with E-state index in [0.717, 1.165) is 17.1 Å². The van der Waals surface area contributed by atoms with Crippen LogP contribution in [0.2, 0.25) is 5.02 Å². The molecule has 0 N–H and O–H groups in total. The monoisotopic (exact) mass is 282 g/mol. The van der Waals surface area contributed by atoms with Crippen molar-refractivity contribution in [2.75, 3.05) is 0 Å². The highest BCUT2D eigenvalue weighted by Gasteiger charge is 2.29. The summed E-state index contributed by atoms with van der Waals surface area (Å²) in [7, 11) is 0. The first-order valence-electron chi connectivity index (χ1n) is 7.01. The van der Waals surface area contributed by atoms with Gasteiger partial charge in [-0.3, -0.25) is 0 Å². The molecule has 4 rings (SSSR count). The van der Waals surface area contributed by atoms with Crippen LogP contribution in [-0.4, -0.2) is 9.55 Å². The van der Waals surface area contributed by atoms with Gasteiger partial charge in [-0.2, -0.15) is 0 Å². The molecule has 1 saturated carbocycles. The molecule has 0 bridgehead atoms. The highest BCUT2D eigenvalue weighted by Crippen LogP contribution is 2.41. The van der Waals surface area contributed by atoms with E-state index in [1.165, 1.54) is 29.7 Å². The normalized spacial score (nSPS) is 14.8. The number of hydrogen-bond donors (Lipinski definition) is 0. The zero-order valence-corrected chi connectivity index (χ0v) is 11.8. The van der Waals surface area contributed by atoms with E-state index in [9.17, 15) is 0 Å². The van der Waals surface area contributed by atoms with Gasteiger partial charge in [0, 0.05) is 17.5 Å². The first-order chi connectivity index (χ1) is 9.81. The number of benzene rings is 2. The summed E-state index contributed by atoms with van der Waals surface area (Å²) >= 11 is 6.09. The lowest BCUT2D eigenvalue weighted by molar-refractivity contribution is 0.747. The second kappa shape index (κ2) is 4.64. The van der Waals surface area contributed by atoms with Gasteiger partial charge < -0.3 is 4.57 Å². The van der Waals surface area contributed by atoms with Crippen molar-refractivity contribution in [2.45, 2.75) is 25.3 Å². The molecule has 1 aliphatic rings. The minimum atomic E-state index is 0.630. The molecule has 0 aliphatic heterocycles. The Hall–Kier alpha value is -1.80. The van der Waals surface area contributed by atoms with Crippen molar-refractivity contribution in [2.24, 2.45) is 0 Å². The summed E-state index contributed by atoms with van der Waals surface area (Å²) in [6.45, 7) is 0.880. The van der Waals surface area contributed by atoms with Gasteiger partial charge in [0.25, 0.3) is 0 Å². The molecular formula is C17H15ClN2. The predicted octanol–water partition coefficient (Wildman–Crippen LogP) is 4.62. The van der Waals surface area contributed by atoms with Crippen LogP contribution >= 0.6 is 11.6 Å². The zero-order valence-electron chi connectivity index (χ0n) is 11.1. The Labute approximate surface area is 123 Å². The van der Waals surface area contributed by atoms with Crippen LogP contribution < -0.4 is 0 Å². The molecule has 2 nitrogen and oxygen atoms in total. The molecule has 1 fully saturated rings. The second-order valence-corrected chi connectivity index (χ2v) is 5.89. The maximum atomic E-state index is 6.09. The summed E-state index contributed by atoms with van der Waals surface area (Å²) in [5.41, 5.74) is 3.50. The predicted molar refractivity (Wildman–Crippen MR) is 82.3 cm³/mol. The van der Waals surface area contributed by atoms with Crippen LogP contribution in [0.1, 0.15) is 30.1 Å². The summed E-state index contributed by atoms with van der Waals surface area (Å²) in [6.07, 6.45) is 2.51. The van der Waals surface area contributed by atoms with E-state index >= 15 is 0 Å². The van der Waals surface area contributed by atoms with Crippen LogP contribution in [-0.2, 0) is 6.54 Å². The standard InChI is InChI=1S/C17H15ClN2/c18-14-8-9-16-15(10-14)19-17(13-6-7-13)20(16)11-12-4-2-1-3-5-12/h1-5,8-10,13H,6-7,11H2. The van der Waals surface area contributed by atoms with Crippen molar-refractivity contribution in [1.29, 1.82) is 0 Å². The molecular weight excluding hydrogens is 268 g/mol. The first kappa shape index (κ1) is 12.0. The van der Waals surface area contributed by atoms with Crippen molar-refractivity contribution in [1.82, 2.24) is 9.55 Å². The van der Waals surface area contributed by atoms with Crippen LogP contribution in [0.4, 0.5) is 0 Å². The fourth-order valence-electron chi connectivity index (χ4n) is 2.71. The Kier molecular flexibility index (Phi) is 2.78. The van der Waals surface area contributed by atoms with Crippen LogP contribution in [0.15, 0.2) is 48.5 Å².